The van der Waals surface area contributed by atoms with E-state index >= 15 is 0 Å². The van der Waals surface area contributed by atoms with E-state index in [1.54, 1.807) is 0 Å². The van der Waals surface area contributed by atoms with Crippen molar-refractivity contribution in [2.75, 3.05) is 9.80 Å². The average Bonchev–Trinajstić information content (AvgIpc) is 3.87. The number of allylic oxidation sites excluding steroid dienone is 1. The van der Waals surface area contributed by atoms with Gasteiger partial charge in [-0.2, -0.15) is 0 Å². The molecule has 0 spiro atoms. The molecule has 0 aliphatic carbocycles. The Bertz CT molecular complexity index is 3030. The molecule has 8 aromatic rings. The summed E-state index contributed by atoms with van der Waals surface area (Å²) in [5.74, 6) is 2.09. The molecule has 0 fully saturated rings. The first-order chi connectivity index (χ1) is 30.4. The zero-order chi connectivity index (χ0) is 45.2. The van der Waals surface area contributed by atoms with E-state index in [1.165, 1.54) is 22.3 Å². The maximum atomic E-state index is 7.06. The van der Waals surface area contributed by atoms with Crippen LogP contribution < -0.4 is 14.5 Å². The van der Waals surface area contributed by atoms with Crippen LogP contribution in [0, 0.1) is 24.2 Å². The predicted molar refractivity (Wildman–Crippen MR) is 267 cm³/mol. The largest absolute Gasteiger partial charge is 0.509 e. The maximum absolute atomic E-state index is 7.06. The summed E-state index contributed by atoms with van der Waals surface area (Å²) >= 11 is 0. The van der Waals surface area contributed by atoms with Gasteiger partial charge in [0.25, 0.3) is 0 Å². The van der Waals surface area contributed by atoms with E-state index in [-0.39, 0.29) is 42.7 Å². The molecule has 5 nitrogen and oxygen atoms in total. The Labute approximate surface area is 401 Å². The van der Waals surface area contributed by atoms with Gasteiger partial charge in [0, 0.05) is 66.5 Å². The van der Waals surface area contributed by atoms with E-state index in [0.29, 0.717) is 11.5 Å². The van der Waals surface area contributed by atoms with Crippen LogP contribution in [-0.4, -0.2) is 9.55 Å². The number of hydrogen-bond donors (Lipinski definition) is 0. The van der Waals surface area contributed by atoms with Crippen LogP contribution >= 0.6 is 0 Å². The van der Waals surface area contributed by atoms with Gasteiger partial charge in [0.1, 0.15) is 5.82 Å². The molecule has 6 aromatic carbocycles. The van der Waals surface area contributed by atoms with Gasteiger partial charge >= 0.3 is 0 Å². The van der Waals surface area contributed by atoms with E-state index in [2.05, 4.69) is 255 Å². The number of ether oxygens (including phenoxy) is 1. The minimum Gasteiger partial charge on any atom is -0.509 e. The minimum atomic E-state index is -0.212. The van der Waals surface area contributed by atoms with Crippen molar-refractivity contribution in [3.8, 4) is 28.4 Å². The molecule has 334 valence electrons. The summed E-state index contributed by atoms with van der Waals surface area (Å²) in [6.07, 6.45) is 4.18. The Kier molecular flexibility index (Phi) is 12.0. The number of anilines is 2. The van der Waals surface area contributed by atoms with Crippen molar-refractivity contribution in [1.82, 2.24) is 9.55 Å². The normalized spacial score (nSPS) is 13.6. The predicted octanol–water partition coefficient (Wildman–Crippen LogP) is 15.5. The molecule has 0 saturated carbocycles. The van der Waals surface area contributed by atoms with Gasteiger partial charge < -0.3 is 19.1 Å². The molecule has 6 heteroatoms. The quantitative estimate of drug-likeness (QED) is 0.142. The van der Waals surface area contributed by atoms with E-state index in [1.807, 2.05) is 6.20 Å². The third kappa shape index (κ3) is 8.93. The SMILES string of the molecule is CC(C)(C)C1=CN(c2cccc(C(C)(C)c3ccccc3)c2)[CH-]N1c1[c-]c(Oc2[c-]c3c(c(C(C)(C)C)c2)c2ccccc2n3-c2cc(C(C)(C)C)ccn2)cc(-c2ccccc2)c1.[Pt]. The molecule has 0 saturated heterocycles. The molecule has 0 amide bonds. The number of para-hydroxylation sites is 1. The minimum absolute atomic E-state index is 0. The zero-order valence-corrected chi connectivity index (χ0v) is 41.8. The van der Waals surface area contributed by atoms with Gasteiger partial charge in [-0.1, -0.05) is 178 Å². The van der Waals surface area contributed by atoms with Crippen LogP contribution in [0.1, 0.15) is 98.4 Å². The molecule has 2 aromatic heterocycles. The Hall–Kier alpha value is -5.90. The van der Waals surface area contributed by atoms with Crippen LogP contribution in [-0.2, 0) is 37.3 Å². The molecule has 1 aliphatic heterocycles. The molecule has 0 bridgehead atoms. The van der Waals surface area contributed by atoms with Gasteiger partial charge in [-0.05, 0) is 75.0 Å². The van der Waals surface area contributed by atoms with E-state index in [9.17, 15) is 0 Å². The number of benzene rings is 6. The molecule has 1 aliphatic rings. The van der Waals surface area contributed by atoms with Gasteiger partial charge in [-0.15, -0.1) is 53.8 Å². The first kappa shape index (κ1) is 45.7. The summed E-state index contributed by atoms with van der Waals surface area (Å²) in [5, 5.41) is 2.32. The molecule has 0 N–H and O–H groups in total. The molecular weight excluding hydrogens is 976 g/mol. The average molecular weight is 1040 g/mol. The van der Waals surface area contributed by atoms with Crippen LogP contribution in [0.25, 0.3) is 38.8 Å². The first-order valence-corrected chi connectivity index (χ1v) is 22.4. The van der Waals surface area contributed by atoms with Crippen molar-refractivity contribution < 1.29 is 25.8 Å². The van der Waals surface area contributed by atoms with Crippen LogP contribution in [0.2, 0.25) is 0 Å². The molecule has 0 radical (unpaired) electrons. The number of fused-ring (bicyclic) bond motifs is 3. The van der Waals surface area contributed by atoms with Crippen LogP contribution in [0.3, 0.4) is 0 Å². The van der Waals surface area contributed by atoms with Crippen molar-refractivity contribution in [2.24, 2.45) is 5.41 Å². The Morgan fingerprint density at radius 1 is 0.569 bits per heavy atom. The van der Waals surface area contributed by atoms with Crippen molar-refractivity contribution in [3.05, 3.63) is 199 Å². The number of pyridine rings is 1. The molecule has 0 unspecified atom stereocenters. The van der Waals surface area contributed by atoms with E-state index in [4.69, 9.17) is 9.72 Å². The van der Waals surface area contributed by atoms with Crippen LogP contribution in [0.4, 0.5) is 11.4 Å². The number of aromatic nitrogens is 2. The second-order valence-electron chi connectivity index (χ2n) is 20.8. The van der Waals surface area contributed by atoms with Gasteiger partial charge in [0.15, 0.2) is 0 Å². The molecule has 0 atom stereocenters. The fourth-order valence-electron chi connectivity index (χ4n) is 8.89. The molecular formula is C59H59N4OPt-3. The van der Waals surface area contributed by atoms with Gasteiger partial charge in [0.05, 0.1) is 0 Å². The second kappa shape index (κ2) is 17.1. The number of hydrogen-bond acceptors (Lipinski definition) is 4. The standard InChI is InChI=1S/C59H59N4O.Pt/c1-56(2,3)43-29-30-60-54(34-43)63-51-28-19-18-27-49(51)55-50(57(4,5)6)36-48(37-52(55)63)64-47-32-41(40-21-14-12-15-22-40)31-46(35-47)62-39-61(38-53(62)58(7,8)9)45-26-20-25-44(33-45)59(10,11)42-23-16-13-17-24-42;/h12-34,36,38-39H,1-11H3;/q-3;. The summed E-state index contributed by atoms with van der Waals surface area (Å²) in [5.41, 5.74) is 11.6. The summed E-state index contributed by atoms with van der Waals surface area (Å²) in [7, 11) is 0. The Morgan fingerprint density at radius 3 is 1.92 bits per heavy atom. The fourth-order valence-corrected chi connectivity index (χ4v) is 8.89. The smallest absolute Gasteiger partial charge is 0.135 e. The Morgan fingerprint density at radius 2 is 1.23 bits per heavy atom. The van der Waals surface area contributed by atoms with Crippen LogP contribution in [0.15, 0.2) is 158 Å². The summed E-state index contributed by atoms with van der Waals surface area (Å²) in [6.45, 7) is 27.1. The van der Waals surface area contributed by atoms with Gasteiger partial charge in [0.2, 0.25) is 0 Å². The number of rotatable bonds is 8. The topological polar surface area (TPSA) is 33.5 Å². The van der Waals surface area contributed by atoms with Crippen molar-refractivity contribution in [1.29, 1.82) is 0 Å². The zero-order valence-electron chi connectivity index (χ0n) is 39.5. The van der Waals surface area contributed by atoms with E-state index < -0.39 is 0 Å². The second-order valence-corrected chi connectivity index (χ2v) is 20.8. The third-order valence-electron chi connectivity index (χ3n) is 12.6. The third-order valence-corrected chi connectivity index (χ3v) is 12.6. The van der Waals surface area contributed by atoms with Gasteiger partial charge in [-0.3, -0.25) is 0 Å². The summed E-state index contributed by atoms with van der Waals surface area (Å²) < 4.78 is 9.31. The molecule has 9 rings (SSSR count). The van der Waals surface area contributed by atoms with Crippen molar-refractivity contribution in [3.63, 3.8) is 0 Å². The molecule has 65 heavy (non-hydrogen) atoms. The van der Waals surface area contributed by atoms with Crippen LogP contribution in [0.5, 0.6) is 11.5 Å². The molecule has 3 heterocycles. The first-order valence-electron chi connectivity index (χ1n) is 22.4. The van der Waals surface area contributed by atoms with E-state index in [0.717, 1.165) is 55.8 Å². The Balaban J connectivity index is 0.00000576. The maximum Gasteiger partial charge on any atom is 0.135 e. The summed E-state index contributed by atoms with van der Waals surface area (Å²) in [6, 6.07) is 57.1. The number of nitrogens with zero attached hydrogens (tertiary/aromatic N) is 4. The van der Waals surface area contributed by atoms with Crippen molar-refractivity contribution in [2.45, 2.75) is 92.4 Å². The van der Waals surface area contributed by atoms with Crippen molar-refractivity contribution >= 4 is 33.2 Å². The monoisotopic (exact) mass is 1030 g/mol. The van der Waals surface area contributed by atoms with Gasteiger partial charge in [-0.25, -0.2) is 4.98 Å². The fraction of sp³-hybridized carbons (Fsp3) is 0.254. The summed E-state index contributed by atoms with van der Waals surface area (Å²) in [4.78, 5) is 9.48.